The van der Waals surface area contributed by atoms with E-state index in [-0.39, 0.29) is 21.3 Å². The average Bonchev–Trinajstić information content (AvgIpc) is 2.96. The molecule has 0 bridgehead atoms. The summed E-state index contributed by atoms with van der Waals surface area (Å²) in [6, 6.07) is 0. The summed E-state index contributed by atoms with van der Waals surface area (Å²) >= 11 is 0. The van der Waals surface area contributed by atoms with Gasteiger partial charge < -0.3 is 0 Å². The highest BCUT2D eigenvalue weighted by Gasteiger charge is 2.69. The molecule has 3 aromatic carbocycles. The van der Waals surface area contributed by atoms with Gasteiger partial charge in [-0.25, -0.2) is 79.4 Å². The Morgan fingerprint density at radius 1 is 0.317 bits per heavy atom. The second-order valence-electron chi connectivity index (χ2n) is 7.86. The van der Waals surface area contributed by atoms with E-state index in [1.165, 1.54) is 0 Å². The fraction of sp³-hybridized carbons (Fsp3) is 0.143. The summed E-state index contributed by atoms with van der Waals surface area (Å²) in [6.07, 6.45) is 0. The Morgan fingerprint density at radius 3 is 0.610 bits per heavy atom. The van der Waals surface area contributed by atoms with Gasteiger partial charge in [0, 0.05) is 0 Å². The Balaban J connectivity index is 3.06. The molecule has 20 heteroatoms. The van der Waals surface area contributed by atoms with E-state index in [4.69, 9.17) is 13.6 Å². The molecule has 41 heavy (non-hydrogen) atoms. The van der Waals surface area contributed by atoms with Crippen LogP contribution in [0.1, 0.15) is 0 Å². The van der Waals surface area contributed by atoms with Crippen LogP contribution < -0.4 is 16.4 Å². The summed E-state index contributed by atoms with van der Waals surface area (Å²) in [5.74, 6) is -53.3. The summed E-state index contributed by atoms with van der Waals surface area (Å²) in [4.78, 5) is 0. The average molecular weight is 636 g/mol. The van der Waals surface area contributed by atoms with Crippen molar-refractivity contribution in [2.45, 2.75) is 0 Å². The molecule has 0 radical (unpaired) electrons. The first-order valence-corrected chi connectivity index (χ1v) is 11.8. The molecule has 0 saturated carbocycles. The number of benzene rings is 3. The largest absolute Gasteiger partial charge is 0.359 e. The number of halogens is 15. The Labute approximate surface area is 218 Å². The SMILES string of the molecule is CO[P+](OC)(OC)[B-](c1c(F)c(F)c(F)c(F)c1F)(c1c(F)c(F)c(F)c(F)c1F)c1c(F)c(F)c(F)c(F)c1F. The molecule has 0 aliphatic heterocycles. The Morgan fingerprint density at radius 2 is 0.463 bits per heavy atom. The summed E-state index contributed by atoms with van der Waals surface area (Å²) in [7, 11) is -5.12. The molecule has 0 N–H and O–H groups in total. The molecular formula is C21H9BF15O3P. The van der Waals surface area contributed by atoms with Crippen molar-refractivity contribution in [1.82, 2.24) is 0 Å². The Kier molecular flexibility index (Phi) is 8.72. The third-order valence-electron chi connectivity index (χ3n) is 6.22. The van der Waals surface area contributed by atoms with Gasteiger partial charge in [0.25, 0.3) is 0 Å². The van der Waals surface area contributed by atoms with E-state index in [9.17, 15) is 39.5 Å². The zero-order valence-corrected chi connectivity index (χ0v) is 20.8. The highest BCUT2D eigenvalue weighted by molar-refractivity contribution is 8.04. The normalized spacial score (nSPS) is 12.4. The second-order valence-corrected chi connectivity index (χ2v) is 10.8. The van der Waals surface area contributed by atoms with Gasteiger partial charge >= 0.3 is 5.87 Å². The quantitative estimate of drug-likeness (QED) is 0.114. The lowest BCUT2D eigenvalue weighted by molar-refractivity contribution is 0.227. The van der Waals surface area contributed by atoms with Gasteiger partial charge in [-0.15, -0.1) is 0 Å². The van der Waals surface area contributed by atoms with Gasteiger partial charge in [0.2, 0.25) is 7.82 Å². The van der Waals surface area contributed by atoms with Crippen molar-refractivity contribution in [3.05, 3.63) is 87.3 Å². The van der Waals surface area contributed by atoms with Crippen LogP contribution in [0.3, 0.4) is 0 Å². The highest BCUT2D eigenvalue weighted by Crippen LogP contribution is 2.68. The first-order chi connectivity index (χ1) is 19.0. The van der Waals surface area contributed by atoms with Crippen LogP contribution in [0.5, 0.6) is 0 Å². The van der Waals surface area contributed by atoms with Gasteiger partial charge in [0.15, 0.2) is 52.4 Å². The lowest BCUT2D eigenvalue weighted by atomic mass is 9.33. The van der Waals surface area contributed by atoms with Gasteiger partial charge in [-0.3, -0.25) is 0 Å². The maximum absolute atomic E-state index is 15.4. The minimum absolute atomic E-state index is 0.265. The standard InChI is InChI=1S/C21H9BF15O3P/c1-38-41(39-2,40-3)22(4-7(23)13(29)19(35)14(30)8(4)24,5-9(25)15(31)20(36)16(32)10(5)26)6-11(27)17(33)21(37)18(34)12(6)28/h1-3H3. The van der Waals surface area contributed by atoms with E-state index in [0.29, 0.717) is 0 Å². The van der Waals surface area contributed by atoms with Crippen molar-refractivity contribution in [1.29, 1.82) is 0 Å². The van der Waals surface area contributed by atoms with Crippen molar-refractivity contribution < 1.29 is 79.4 Å². The fourth-order valence-electron chi connectivity index (χ4n) is 4.57. The van der Waals surface area contributed by atoms with Crippen molar-refractivity contribution >= 4 is 30.1 Å². The van der Waals surface area contributed by atoms with E-state index in [1.54, 1.807) is 0 Å². The summed E-state index contributed by atoms with van der Waals surface area (Å²) in [5, 5.41) is 0. The molecule has 0 atom stereocenters. The van der Waals surface area contributed by atoms with Gasteiger partial charge in [0.1, 0.15) is 34.9 Å². The molecule has 0 aliphatic carbocycles. The first kappa shape index (κ1) is 32.5. The number of rotatable bonds is 7. The second kappa shape index (κ2) is 11.0. The molecule has 0 saturated heterocycles. The number of hydrogen-bond donors (Lipinski definition) is 0. The summed E-state index contributed by atoms with van der Waals surface area (Å²) < 4.78 is 235. The van der Waals surface area contributed by atoms with Crippen molar-refractivity contribution in [2.24, 2.45) is 0 Å². The minimum atomic E-state index is -6.14. The summed E-state index contributed by atoms with van der Waals surface area (Å²) in [5.41, 5.74) is -8.65. The lowest BCUT2D eigenvalue weighted by Gasteiger charge is -2.45. The van der Waals surface area contributed by atoms with Gasteiger partial charge in [-0.2, -0.15) is 0 Å². The van der Waals surface area contributed by atoms with Crippen molar-refractivity contribution in [3.8, 4) is 0 Å². The fourth-order valence-corrected chi connectivity index (χ4v) is 7.60. The van der Waals surface area contributed by atoms with E-state index in [2.05, 4.69) is 0 Å². The molecule has 0 spiro atoms. The van der Waals surface area contributed by atoms with Crippen LogP contribution in [0.4, 0.5) is 65.9 Å². The predicted molar refractivity (Wildman–Crippen MR) is 111 cm³/mol. The van der Waals surface area contributed by atoms with Crippen LogP contribution in [0, 0.1) is 87.3 Å². The molecule has 0 unspecified atom stereocenters. The van der Waals surface area contributed by atoms with Crippen LogP contribution in [0.15, 0.2) is 0 Å². The van der Waals surface area contributed by atoms with Crippen LogP contribution in [-0.2, 0) is 13.6 Å². The molecule has 3 rings (SSSR count). The van der Waals surface area contributed by atoms with E-state index >= 15 is 26.3 Å². The smallest absolute Gasteiger partial charge is 0.226 e. The minimum Gasteiger partial charge on any atom is -0.226 e. The molecule has 0 heterocycles. The van der Waals surface area contributed by atoms with Crippen LogP contribution in [0.2, 0.25) is 0 Å². The van der Waals surface area contributed by atoms with Gasteiger partial charge in [0.05, 0.1) is 21.3 Å². The highest BCUT2D eigenvalue weighted by atomic mass is 31.2. The molecule has 0 amide bonds. The lowest BCUT2D eigenvalue weighted by Crippen LogP contribution is -2.74. The molecular weight excluding hydrogens is 627 g/mol. The Bertz CT molecular complexity index is 1320. The van der Waals surface area contributed by atoms with E-state index in [0.717, 1.165) is 0 Å². The monoisotopic (exact) mass is 636 g/mol. The van der Waals surface area contributed by atoms with Crippen LogP contribution in [0.25, 0.3) is 0 Å². The maximum Gasteiger partial charge on any atom is 0.359 e. The Hall–Kier alpha value is -3.02. The zero-order chi connectivity index (χ0) is 31.5. The topological polar surface area (TPSA) is 27.7 Å². The van der Waals surface area contributed by atoms with E-state index in [1.807, 2.05) is 0 Å². The molecule has 0 aliphatic rings. The van der Waals surface area contributed by atoms with Gasteiger partial charge in [-0.05, 0) is 0 Å². The zero-order valence-electron chi connectivity index (χ0n) is 19.9. The van der Waals surface area contributed by atoms with Crippen molar-refractivity contribution in [3.63, 3.8) is 0 Å². The molecule has 3 nitrogen and oxygen atoms in total. The van der Waals surface area contributed by atoms with Crippen LogP contribution >= 0.6 is 7.82 Å². The third-order valence-corrected chi connectivity index (χ3v) is 9.47. The maximum atomic E-state index is 15.4. The molecule has 0 aromatic heterocycles. The molecule has 3 aromatic rings. The molecule has 0 fully saturated rings. The summed E-state index contributed by atoms with van der Waals surface area (Å²) in [6.45, 7) is 0. The third kappa shape index (κ3) is 4.11. The van der Waals surface area contributed by atoms with Crippen LogP contribution in [-0.4, -0.2) is 27.2 Å². The molecule has 224 valence electrons. The van der Waals surface area contributed by atoms with E-state index < -0.39 is 117 Å². The predicted octanol–water partition coefficient (Wildman–Crippen LogP) is 5.44. The van der Waals surface area contributed by atoms with Crippen molar-refractivity contribution in [2.75, 3.05) is 21.3 Å². The van der Waals surface area contributed by atoms with Gasteiger partial charge in [-0.1, -0.05) is 16.4 Å². The first-order valence-electron chi connectivity index (χ1n) is 10.2. The number of hydrogen-bond acceptors (Lipinski definition) is 3.